The number of rotatable bonds is 6. The molecule has 0 aliphatic carbocycles. The topological polar surface area (TPSA) is 50.6 Å². The molecule has 120 valence electrons. The van der Waals surface area contributed by atoms with Gasteiger partial charge in [-0.15, -0.1) is 24.0 Å². The van der Waals surface area contributed by atoms with E-state index in [1.165, 1.54) is 0 Å². The summed E-state index contributed by atoms with van der Waals surface area (Å²) < 4.78 is 7.35. The summed E-state index contributed by atoms with van der Waals surface area (Å²) in [5.74, 6) is 1.66. The molecule has 1 aromatic carbocycles. The Morgan fingerprint density at radius 1 is 1.18 bits per heavy atom. The van der Waals surface area contributed by atoms with Crippen LogP contribution in [0.1, 0.15) is 5.56 Å². The number of nitrogens with one attached hydrogen (secondary N) is 2. The average molecular weight is 414 g/mol. The van der Waals surface area contributed by atoms with Crippen LogP contribution >= 0.6 is 24.0 Å². The van der Waals surface area contributed by atoms with Crippen LogP contribution in [0.3, 0.4) is 0 Å². The number of aliphatic imine (C=N–C) groups is 1. The van der Waals surface area contributed by atoms with Gasteiger partial charge in [0.05, 0.1) is 7.11 Å². The highest BCUT2D eigenvalue weighted by Gasteiger charge is 1.99. The molecule has 0 atom stereocenters. The number of methoxy groups -OCH3 is 1. The van der Waals surface area contributed by atoms with Crippen LogP contribution < -0.4 is 15.4 Å². The van der Waals surface area contributed by atoms with Crippen LogP contribution in [0.5, 0.6) is 5.75 Å². The quantitative estimate of drug-likeness (QED) is 0.434. The molecular formula is C16H23IN4O. The third kappa shape index (κ3) is 5.97. The summed E-state index contributed by atoms with van der Waals surface area (Å²) in [5, 5.41) is 6.58. The van der Waals surface area contributed by atoms with Crippen molar-refractivity contribution in [2.45, 2.75) is 13.1 Å². The maximum Gasteiger partial charge on any atom is 0.191 e. The van der Waals surface area contributed by atoms with Crippen molar-refractivity contribution < 1.29 is 4.74 Å². The van der Waals surface area contributed by atoms with Gasteiger partial charge in [-0.2, -0.15) is 0 Å². The fourth-order valence-corrected chi connectivity index (χ4v) is 2.01. The van der Waals surface area contributed by atoms with Crippen LogP contribution in [0.25, 0.3) is 0 Å². The van der Waals surface area contributed by atoms with Crippen LogP contribution in [0.15, 0.2) is 53.8 Å². The molecule has 0 bridgehead atoms. The first-order valence-corrected chi connectivity index (χ1v) is 7.00. The second kappa shape index (κ2) is 10.1. The molecule has 0 unspecified atom stereocenters. The molecule has 5 nitrogen and oxygen atoms in total. The van der Waals surface area contributed by atoms with Gasteiger partial charge in [-0.05, 0) is 29.8 Å². The van der Waals surface area contributed by atoms with Gasteiger partial charge in [0, 0.05) is 39.1 Å². The minimum absolute atomic E-state index is 0. The van der Waals surface area contributed by atoms with Gasteiger partial charge in [0.15, 0.2) is 5.96 Å². The average Bonchev–Trinajstić information content (AvgIpc) is 3.04. The van der Waals surface area contributed by atoms with Crippen molar-refractivity contribution in [1.29, 1.82) is 0 Å². The van der Waals surface area contributed by atoms with Gasteiger partial charge in [0.25, 0.3) is 0 Å². The number of halogens is 1. The summed E-state index contributed by atoms with van der Waals surface area (Å²) in [7, 11) is 3.45. The van der Waals surface area contributed by atoms with E-state index in [0.717, 1.165) is 30.4 Å². The third-order valence-corrected chi connectivity index (χ3v) is 3.15. The second-order valence-electron chi connectivity index (χ2n) is 4.62. The van der Waals surface area contributed by atoms with Gasteiger partial charge in [-0.3, -0.25) is 4.99 Å². The Kier molecular flexibility index (Phi) is 8.42. The molecule has 2 aromatic rings. The minimum Gasteiger partial charge on any atom is -0.497 e. The first-order valence-electron chi connectivity index (χ1n) is 7.00. The normalized spacial score (nSPS) is 10.7. The highest BCUT2D eigenvalue weighted by molar-refractivity contribution is 14.0. The van der Waals surface area contributed by atoms with Crippen molar-refractivity contribution >= 4 is 29.9 Å². The zero-order valence-electron chi connectivity index (χ0n) is 13.0. The number of aromatic nitrogens is 1. The minimum atomic E-state index is 0. The lowest BCUT2D eigenvalue weighted by Gasteiger charge is -2.12. The molecule has 1 heterocycles. The Labute approximate surface area is 148 Å². The summed E-state index contributed by atoms with van der Waals surface area (Å²) in [6.45, 7) is 2.44. The lowest BCUT2D eigenvalue weighted by molar-refractivity contribution is 0.414. The summed E-state index contributed by atoms with van der Waals surface area (Å²) >= 11 is 0. The van der Waals surface area contributed by atoms with Gasteiger partial charge in [-0.25, -0.2) is 0 Å². The lowest BCUT2D eigenvalue weighted by Crippen LogP contribution is -2.38. The number of hydrogen-bond acceptors (Lipinski definition) is 2. The van der Waals surface area contributed by atoms with E-state index in [4.69, 9.17) is 4.74 Å². The summed E-state index contributed by atoms with van der Waals surface area (Å²) in [6.07, 6.45) is 4.10. The van der Waals surface area contributed by atoms with Crippen molar-refractivity contribution in [3.63, 3.8) is 0 Å². The van der Waals surface area contributed by atoms with E-state index in [1.807, 2.05) is 42.7 Å². The highest BCUT2D eigenvalue weighted by Crippen LogP contribution is 2.11. The number of nitrogens with zero attached hydrogens (tertiary/aromatic N) is 2. The second-order valence-corrected chi connectivity index (χ2v) is 4.62. The van der Waals surface area contributed by atoms with Crippen molar-refractivity contribution in [2.24, 2.45) is 4.99 Å². The molecule has 0 saturated carbocycles. The van der Waals surface area contributed by atoms with Crippen LogP contribution in [-0.2, 0) is 13.1 Å². The Balaban J connectivity index is 0.00000242. The van der Waals surface area contributed by atoms with E-state index in [9.17, 15) is 0 Å². The smallest absolute Gasteiger partial charge is 0.191 e. The van der Waals surface area contributed by atoms with Crippen molar-refractivity contribution in [3.05, 3.63) is 54.4 Å². The Morgan fingerprint density at radius 3 is 2.64 bits per heavy atom. The van der Waals surface area contributed by atoms with E-state index in [0.29, 0.717) is 6.54 Å². The molecule has 0 spiro atoms. The molecule has 22 heavy (non-hydrogen) atoms. The SMILES string of the molecule is CN=C(NCCn1cccc1)NCc1cccc(OC)c1.I. The van der Waals surface area contributed by atoms with Crippen molar-refractivity contribution in [2.75, 3.05) is 20.7 Å². The molecule has 6 heteroatoms. The first-order chi connectivity index (χ1) is 10.3. The lowest BCUT2D eigenvalue weighted by atomic mass is 10.2. The maximum atomic E-state index is 5.22. The summed E-state index contributed by atoms with van der Waals surface area (Å²) in [4.78, 5) is 4.22. The van der Waals surface area contributed by atoms with Gasteiger partial charge in [0.2, 0.25) is 0 Å². The van der Waals surface area contributed by atoms with Gasteiger partial charge in [0.1, 0.15) is 5.75 Å². The van der Waals surface area contributed by atoms with Crippen molar-refractivity contribution in [3.8, 4) is 5.75 Å². The van der Waals surface area contributed by atoms with Crippen molar-refractivity contribution in [1.82, 2.24) is 15.2 Å². The number of guanidine groups is 1. The molecule has 2 N–H and O–H groups in total. The Hall–Kier alpha value is -1.70. The van der Waals surface area contributed by atoms with Crippen LogP contribution in [-0.4, -0.2) is 31.2 Å². The highest BCUT2D eigenvalue weighted by atomic mass is 127. The molecule has 0 amide bonds. The Morgan fingerprint density at radius 2 is 1.95 bits per heavy atom. The predicted octanol–water partition coefficient (Wildman–Crippen LogP) is 2.48. The fourth-order valence-electron chi connectivity index (χ4n) is 2.01. The molecular weight excluding hydrogens is 391 g/mol. The van der Waals surface area contributed by atoms with Gasteiger partial charge in [-0.1, -0.05) is 12.1 Å². The number of benzene rings is 1. The monoisotopic (exact) mass is 414 g/mol. The van der Waals surface area contributed by atoms with E-state index in [2.05, 4.69) is 26.3 Å². The van der Waals surface area contributed by atoms with E-state index < -0.39 is 0 Å². The van der Waals surface area contributed by atoms with E-state index in [1.54, 1.807) is 14.2 Å². The fraction of sp³-hybridized carbons (Fsp3) is 0.312. The predicted molar refractivity (Wildman–Crippen MR) is 101 cm³/mol. The summed E-state index contributed by atoms with van der Waals surface area (Å²) in [5.41, 5.74) is 1.16. The molecule has 0 saturated heterocycles. The summed E-state index contributed by atoms with van der Waals surface area (Å²) in [6, 6.07) is 12.0. The zero-order valence-corrected chi connectivity index (χ0v) is 15.3. The first kappa shape index (κ1) is 18.3. The van der Waals surface area contributed by atoms with E-state index in [-0.39, 0.29) is 24.0 Å². The third-order valence-electron chi connectivity index (χ3n) is 3.15. The largest absolute Gasteiger partial charge is 0.497 e. The molecule has 0 aliphatic heterocycles. The maximum absolute atomic E-state index is 5.22. The van der Waals surface area contributed by atoms with E-state index >= 15 is 0 Å². The van der Waals surface area contributed by atoms with Crippen LogP contribution in [0.4, 0.5) is 0 Å². The number of hydrogen-bond donors (Lipinski definition) is 2. The number of ether oxygens (including phenoxy) is 1. The molecule has 1 aromatic heterocycles. The molecule has 0 aliphatic rings. The van der Waals surface area contributed by atoms with Crippen LogP contribution in [0.2, 0.25) is 0 Å². The Bertz CT molecular complexity index is 569. The zero-order chi connectivity index (χ0) is 14.9. The molecule has 0 fully saturated rings. The van der Waals surface area contributed by atoms with Gasteiger partial charge >= 0.3 is 0 Å². The standard InChI is InChI=1S/C16H22N4O.HI/c1-17-16(18-8-11-20-9-3-4-10-20)19-13-14-6-5-7-15(12-14)21-2;/h3-7,9-10,12H,8,11,13H2,1-2H3,(H2,17,18,19);1H. The van der Waals surface area contributed by atoms with Crippen LogP contribution in [0, 0.1) is 0 Å². The van der Waals surface area contributed by atoms with Gasteiger partial charge < -0.3 is 19.9 Å². The molecule has 2 rings (SSSR count). The molecule has 0 radical (unpaired) electrons.